The van der Waals surface area contributed by atoms with Crippen molar-refractivity contribution >= 4 is 22.1 Å². The van der Waals surface area contributed by atoms with Gasteiger partial charge < -0.3 is 0 Å². The molecule has 0 heterocycles. The number of nitrogens with zero attached hydrogens (tertiary/aromatic N) is 2. The summed E-state index contributed by atoms with van der Waals surface area (Å²) in [5.74, 6) is 0. The van der Waals surface area contributed by atoms with Gasteiger partial charge in [-0.1, -0.05) is 24.3 Å². The summed E-state index contributed by atoms with van der Waals surface area (Å²) in [7, 11) is 0. The van der Waals surface area contributed by atoms with Gasteiger partial charge in [0.1, 0.15) is 11.4 Å². The van der Waals surface area contributed by atoms with E-state index in [-0.39, 0.29) is 11.4 Å². The van der Waals surface area contributed by atoms with Gasteiger partial charge in [-0.05, 0) is 27.9 Å². The summed E-state index contributed by atoms with van der Waals surface area (Å²) in [5, 5.41) is 7.16. The van der Waals surface area contributed by atoms with E-state index < -0.39 is 0 Å². The van der Waals surface area contributed by atoms with E-state index in [9.17, 15) is 9.81 Å². The number of fused-ring (bicyclic) bond motifs is 1. The van der Waals surface area contributed by atoms with Crippen molar-refractivity contribution in [1.29, 1.82) is 0 Å². The van der Waals surface area contributed by atoms with Crippen LogP contribution in [0.2, 0.25) is 0 Å². The van der Waals surface area contributed by atoms with Crippen LogP contribution in [0.15, 0.2) is 46.8 Å². The molecule has 0 unspecified atom stereocenters. The molecular weight excluding hydrogens is 180 g/mol. The zero-order valence-electron chi connectivity index (χ0n) is 7.18. The Morgan fingerprint density at radius 3 is 2.43 bits per heavy atom. The highest BCUT2D eigenvalue weighted by Gasteiger charge is 2.03. The molecule has 0 saturated heterocycles. The Kier molecular flexibility index (Phi) is 2.02. The monoisotopic (exact) mass is 186 g/mol. The first-order chi connectivity index (χ1) is 6.85. The van der Waals surface area contributed by atoms with E-state index in [1.54, 1.807) is 18.2 Å². The second kappa shape index (κ2) is 3.33. The average Bonchev–Trinajstić information content (AvgIpc) is 2.27. The highest BCUT2D eigenvalue weighted by atomic mass is 16.3. The first-order valence-electron chi connectivity index (χ1n) is 4.04. The van der Waals surface area contributed by atoms with Gasteiger partial charge in [0.25, 0.3) is 0 Å². The molecule has 4 nitrogen and oxygen atoms in total. The first-order valence-corrected chi connectivity index (χ1v) is 4.04. The molecule has 0 aromatic heterocycles. The Morgan fingerprint density at radius 1 is 0.929 bits per heavy atom. The molecule has 0 bridgehead atoms. The lowest BCUT2D eigenvalue weighted by Gasteiger charge is -1.99. The fraction of sp³-hybridized carbons (Fsp3) is 0. The summed E-state index contributed by atoms with van der Waals surface area (Å²) in [6, 6.07) is 10.2. The maximum atomic E-state index is 10.5. The molecule has 0 amide bonds. The quantitative estimate of drug-likeness (QED) is 0.672. The van der Waals surface area contributed by atoms with Crippen molar-refractivity contribution in [2.75, 3.05) is 0 Å². The van der Waals surface area contributed by atoms with E-state index in [0.717, 1.165) is 10.8 Å². The van der Waals surface area contributed by atoms with Crippen LogP contribution in [-0.2, 0) is 0 Å². The van der Waals surface area contributed by atoms with Crippen LogP contribution in [0.3, 0.4) is 0 Å². The van der Waals surface area contributed by atoms with E-state index >= 15 is 0 Å². The number of benzene rings is 2. The fourth-order valence-corrected chi connectivity index (χ4v) is 1.40. The minimum Gasteiger partial charge on any atom is -0.145 e. The smallest absolute Gasteiger partial charge is 0.118 e. The Balaban J connectivity index is 2.86. The summed E-state index contributed by atoms with van der Waals surface area (Å²) in [4.78, 5) is 20.8. The Labute approximate surface area is 79.5 Å². The third kappa shape index (κ3) is 1.26. The van der Waals surface area contributed by atoms with E-state index in [1.807, 2.05) is 12.1 Å². The molecule has 0 aliphatic heterocycles. The van der Waals surface area contributed by atoms with Gasteiger partial charge in [-0.3, -0.25) is 0 Å². The molecule has 0 fully saturated rings. The maximum Gasteiger partial charge on any atom is 0.118 e. The standard InChI is InChI=1S/C10H6N2O2/c13-11-8-5-7-3-1-2-4-9(7)10(6-8)12-14/h1-6H. The fourth-order valence-electron chi connectivity index (χ4n) is 1.40. The molecule has 2 rings (SSSR count). The molecule has 2 aromatic rings. The SMILES string of the molecule is O=Nc1cc(N=O)c2ccccc2c1. The van der Waals surface area contributed by atoms with Crippen LogP contribution < -0.4 is 0 Å². The number of hydrogen-bond donors (Lipinski definition) is 0. The maximum absolute atomic E-state index is 10.5. The molecule has 0 radical (unpaired) electrons. The number of nitroso groups, excluding NO2 is 2. The molecule has 68 valence electrons. The van der Waals surface area contributed by atoms with E-state index in [2.05, 4.69) is 10.4 Å². The van der Waals surface area contributed by atoms with Gasteiger partial charge in [-0.15, -0.1) is 9.81 Å². The summed E-state index contributed by atoms with van der Waals surface area (Å²) >= 11 is 0. The Morgan fingerprint density at radius 2 is 1.71 bits per heavy atom. The van der Waals surface area contributed by atoms with E-state index in [0.29, 0.717) is 0 Å². The molecular formula is C10H6N2O2. The largest absolute Gasteiger partial charge is 0.145 e. The second-order valence-corrected chi connectivity index (χ2v) is 2.87. The van der Waals surface area contributed by atoms with Crippen molar-refractivity contribution in [1.82, 2.24) is 0 Å². The molecule has 4 heteroatoms. The van der Waals surface area contributed by atoms with Gasteiger partial charge in [0.15, 0.2) is 0 Å². The Bertz CT molecular complexity index is 508. The van der Waals surface area contributed by atoms with Gasteiger partial charge >= 0.3 is 0 Å². The van der Waals surface area contributed by atoms with E-state index in [1.165, 1.54) is 6.07 Å². The lowest BCUT2D eigenvalue weighted by Crippen LogP contribution is -1.73. The van der Waals surface area contributed by atoms with Crippen LogP contribution >= 0.6 is 0 Å². The lowest BCUT2D eigenvalue weighted by atomic mass is 10.1. The van der Waals surface area contributed by atoms with Gasteiger partial charge in [0, 0.05) is 5.39 Å². The average molecular weight is 186 g/mol. The predicted octanol–water partition coefficient (Wildman–Crippen LogP) is 3.64. The minimum absolute atomic E-state index is 0.221. The van der Waals surface area contributed by atoms with Crippen molar-refractivity contribution in [3.8, 4) is 0 Å². The van der Waals surface area contributed by atoms with Gasteiger partial charge in [-0.25, -0.2) is 0 Å². The molecule has 0 spiro atoms. The molecule has 0 N–H and O–H groups in total. The lowest BCUT2D eigenvalue weighted by molar-refractivity contribution is 1.47. The van der Waals surface area contributed by atoms with Crippen molar-refractivity contribution in [2.24, 2.45) is 10.4 Å². The highest BCUT2D eigenvalue weighted by Crippen LogP contribution is 2.30. The third-order valence-electron chi connectivity index (χ3n) is 2.03. The normalized spacial score (nSPS) is 10.0. The van der Waals surface area contributed by atoms with Gasteiger partial charge in [-0.2, -0.15) is 0 Å². The van der Waals surface area contributed by atoms with Crippen LogP contribution in [0.4, 0.5) is 11.4 Å². The zero-order valence-corrected chi connectivity index (χ0v) is 7.18. The molecule has 0 aliphatic rings. The number of hydrogen-bond acceptors (Lipinski definition) is 4. The first kappa shape index (κ1) is 8.50. The van der Waals surface area contributed by atoms with Gasteiger partial charge in [0.05, 0.1) is 0 Å². The third-order valence-corrected chi connectivity index (χ3v) is 2.03. The predicted molar refractivity (Wildman–Crippen MR) is 54.9 cm³/mol. The van der Waals surface area contributed by atoms with Crippen molar-refractivity contribution in [3.63, 3.8) is 0 Å². The van der Waals surface area contributed by atoms with Crippen LogP contribution in [0.1, 0.15) is 0 Å². The van der Waals surface area contributed by atoms with Crippen molar-refractivity contribution in [2.45, 2.75) is 0 Å². The Hall–Kier alpha value is -2.10. The summed E-state index contributed by atoms with van der Waals surface area (Å²) in [6.07, 6.45) is 0. The zero-order chi connectivity index (χ0) is 9.97. The topological polar surface area (TPSA) is 58.9 Å². The summed E-state index contributed by atoms with van der Waals surface area (Å²) in [6.45, 7) is 0. The highest BCUT2D eigenvalue weighted by molar-refractivity contribution is 5.94. The summed E-state index contributed by atoms with van der Waals surface area (Å²) in [5.41, 5.74) is 0.469. The number of rotatable bonds is 2. The molecule has 0 aliphatic carbocycles. The van der Waals surface area contributed by atoms with Crippen LogP contribution in [0.5, 0.6) is 0 Å². The van der Waals surface area contributed by atoms with E-state index in [4.69, 9.17) is 0 Å². The van der Waals surface area contributed by atoms with Crippen molar-refractivity contribution in [3.05, 3.63) is 46.2 Å². The van der Waals surface area contributed by atoms with Crippen LogP contribution in [0, 0.1) is 9.81 Å². The van der Waals surface area contributed by atoms with Crippen LogP contribution in [0.25, 0.3) is 10.8 Å². The molecule has 14 heavy (non-hydrogen) atoms. The summed E-state index contributed by atoms with van der Waals surface area (Å²) < 4.78 is 0. The van der Waals surface area contributed by atoms with Crippen molar-refractivity contribution < 1.29 is 0 Å². The molecule has 2 aromatic carbocycles. The molecule has 0 saturated carbocycles. The van der Waals surface area contributed by atoms with Crippen LogP contribution in [-0.4, -0.2) is 0 Å². The minimum atomic E-state index is 0.221. The molecule has 0 atom stereocenters. The second-order valence-electron chi connectivity index (χ2n) is 2.87. The van der Waals surface area contributed by atoms with Gasteiger partial charge in [0.2, 0.25) is 0 Å².